The third-order valence-electron chi connectivity index (χ3n) is 9.20. The molecule has 0 unspecified atom stereocenters. The standard InChI is InChI=1S/C37H41N7O3/c1-37(14-18-43(19-15-37)32-11-5-6-16-39-32)36(47)44(24-29-9-4-3-8-28(29)23-38-2)25-34(46)41-31-13-12-26-20-27-10-7-17-40-35(27)42-33(45)22-30(26)21-31/h3-13,16-17,21,38H,14-15,18-20,22-25H2,1-2H3,(H,41,46)(H,40,42,45). The molecule has 0 spiro atoms. The molecular weight excluding hydrogens is 590 g/mol. The van der Waals surface area contributed by atoms with Gasteiger partial charge in [-0.3, -0.25) is 14.4 Å². The monoisotopic (exact) mass is 631 g/mol. The van der Waals surface area contributed by atoms with Crippen LogP contribution in [0.1, 0.15) is 47.6 Å². The molecule has 10 heteroatoms. The first-order chi connectivity index (χ1) is 22.8. The Balaban J connectivity index is 1.20. The highest BCUT2D eigenvalue weighted by molar-refractivity contribution is 5.96. The zero-order valence-electron chi connectivity index (χ0n) is 27.0. The summed E-state index contributed by atoms with van der Waals surface area (Å²) in [5, 5.41) is 9.11. The SMILES string of the molecule is CNCc1ccccc1CN(CC(=O)Nc1ccc2c(c1)CC(=O)Nc1ncccc1C2)C(=O)C1(C)CCN(c2ccccn2)CC1. The van der Waals surface area contributed by atoms with Crippen molar-refractivity contribution in [2.75, 3.05) is 42.2 Å². The van der Waals surface area contributed by atoms with Crippen molar-refractivity contribution in [2.45, 2.75) is 45.7 Å². The van der Waals surface area contributed by atoms with Gasteiger partial charge in [0.25, 0.3) is 0 Å². The summed E-state index contributed by atoms with van der Waals surface area (Å²) in [6.45, 7) is 4.31. The molecule has 0 aliphatic carbocycles. The predicted molar refractivity (Wildman–Crippen MR) is 183 cm³/mol. The number of piperidine rings is 1. The summed E-state index contributed by atoms with van der Waals surface area (Å²) in [5.74, 6) is 1.01. The number of hydrogen-bond donors (Lipinski definition) is 3. The van der Waals surface area contributed by atoms with E-state index in [9.17, 15) is 14.4 Å². The number of nitrogens with zero attached hydrogens (tertiary/aromatic N) is 4. The zero-order chi connectivity index (χ0) is 32.8. The molecule has 6 rings (SSSR count). The van der Waals surface area contributed by atoms with Crippen LogP contribution in [0.15, 0.2) is 85.2 Å². The summed E-state index contributed by atoms with van der Waals surface area (Å²) in [4.78, 5) is 53.5. The molecule has 4 aromatic rings. The lowest BCUT2D eigenvalue weighted by Crippen LogP contribution is -2.50. The summed E-state index contributed by atoms with van der Waals surface area (Å²) in [5.41, 5.74) is 4.84. The highest BCUT2D eigenvalue weighted by Crippen LogP contribution is 2.35. The molecule has 2 aliphatic heterocycles. The van der Waals surface area contributed by atoms with Crippen LogP contribution >= 0.6 is 0 Å². The van der Waals surface area contributed by atoms with Crippen LogP contribution in [0.5, 0.6) is 0 Å². The molecule has 3 N–H and O–H groups in total. The second-order valence-corrected chi connectivity index (χ2v) is 12.6. The average Bonchev–Trinajstić information content (AvgIpc) is 3.07. The zero-order valence-corrected chi connectivity index (χ0v) is 27.0. The Morgan fingerprint density at radius 2 is 1.66 bits per heavy atom. The van der Waals surface area contributed by atoms with Crippen LogP contribution in [-0.4, -0.2) is 59.3 Å². The first kappa shape index (κ1) is 31.9. The molecule has 47 heavy (non-hydrogen) atoms. The fraction of sp³-hybridized carbons (Fsp3) is 0.324. The van der Waals surface area contributed by atoms with Gasteiger partial charge in [0.1, 0.15) is 18.2 Å². The molecule has 0 bridgehead atoms. The van der Waals surface area contributed by atoms with E-state index in [1.54, 1.807) is 17.3 Å². The van der Waals surface area contributed by atoms with Gasteiger partial charge in [0.15, 0.2) is 0 Å². The average molecular weight is 632 g/mol. The van der Waals surface area contributed by atoms with E-state index in [0.29, 0.717) is 56.9 Å². The molecule has 0 atom stereocenters. The van der Waals surface area contributed by atoms with Crippen molar-refractivity contribution in [3.63, 3.8) is 0 Å². The highest BCUT2D eigenvalue weighted by Gasteiger charge is 2.40. The van der Waals surface area contributed by atoms with Crippen molar-refractivity contribution in [3.05, 3.63) is 113 Å². The topological polar surface area (TPSA) is 120 Å². The lowest BCUT2D eigenvalue weighted by molar-refractivity contribution is -0.145. The summed E-state index contributed by atoms with van der Waals surface area (Å²) in [6.07, 6.45) is 5.56. The van der Waals surface area contributed by atoms with Gasteiger partial charge < -0.3 is 25.8 Å². The number of anilines is 3. The van der Waals surface area contributed by atoms with Crippen molar-refractivity contribution < 1.29 is 14.4 Å². The third kappa shape index (κ3) is 7.49. The van der Waals surface area contributed by atoms with Crippen molar-refractivity contribution in [1.29, 1.82) is 0 Å². The lowest BCUT2D eigenvalue weighted by atomic mass is 9.78. The number of hydrogen-bond acceptors (Lipinski definition) is 7. The molecule has 2 aliphatic rings. The predicted octanol–water partition coefficient (Wildman–Crippen LogP) is 4.56. The summed E-state index contributed by atoms with van der Waals surface area (Å²) in [6, 6.07) is 23.4. The van der Waals surface area contributed by atoms with Crippen LogP contribution in [0.4, 0.5) is 17.3 Å². The van der Waals surface area contributed by atoms with E-state index in [1.165, 1.54) is 0 Å². The van der Waals surface area contributed by atoms with Crippen molar-refractivity contribution in [2.24, 2.45) is 5.41 Å². The summed E-state index contributed by atoms with van der Waals surface area (Å²) < 4.78 is 0. The van der Waals surface area contributed by atoms with Crippen LogP contribution in [0.25, 0.3) is 0 Å². The van der Waals surface area contributed by atoms with E-state index in [4.69, 9.17) is 0 Å². The number of aromatic nitrogens is 2. The molecule has 1 fully saturated rings. The quantitative estimate of drug-likeness (QED) is 0.248. The van der Waals surface area contributed by atoms with Crippen molar-refractivity contribution in [1.82, 2.24) is 20.2 Å². The van der Waals surface area contributed by atoms with Gasteiger partial charge in [-0.25, -0.2) is 9.97 Å². The van der Waals surface area contributed by atoms with Gasteiger partial charge in [0.05, 0.1) is 6.42 Å². The number of rotatable bonds is 9. The van der Waals surface area contributed by atoms with E-state index >= 15 is 0 Å². The Morgan fingerprint density at radius 1 is 0.894 bits per heavy atom. The van der Waals surface area contributed by atoms with E-state index in [2.05, 4.69) is 30.8 Å². The Hall–Kier alpha value is -5.09. The number of carbonyl (C=O) groups excluding carboxylic acids is 3. The van der Waals surface area contributed by atoms with Crippen LogP contribution in [0.3, 0.4) is 0 Å². The number of pyridine rings is 2. The van der Waals surface area contributed by atoms with Crippen LogP contribution in [0, 0.1) is 5.41 Å². The minimum atomic E-state index is -0.620. The largest absolute Gasteiger partial charge is 0.357 e. The third-order valence-corrected chi connectivity index (χ3v) is 9.20. The molecular formula is C37H41N7O3. The van der Waals surface area contributed by atoms with E-state index < -0.39 is 5.41 Å². The fourth-order valence-electron chi connectivity index (χ4n) is 6.51. The summed E-state index contributed by atoms with van der Waals surface area (Å²) >= 11 is 0. The van der Waals surface area contributed by atoms with Gasteiger partial charge in [-0.2, -0.15) is 0 Å². The molecule has 3 amide bonds. The van der Waals surface area contributed by atoms with Crippen LogP contribution < -0.4 is 20.9 Å². The second-order valence-electron chi connectivity index (χ2n) is 12.6. The molecule has 2 aromatic heterocycles. The maximum atomic E-state index is 14.4. The Kier molecular flexibility index (Phi) is 9.58. The van der Waals surface area contributed by atoms with Gasteiger partial charge in [-0.1, -0.05) is 49.4 Å². The number of nitrogens with one attached hydrogen (secondary N) is 3. The summed E-state index contributed by atoms with van der Waals surface area (Å²) in [7, 11) is 1.89. The minimum Gasteiger partial charge on any atom is -0.357 e. The first-order valence-corrected chi connectivity index (χ1v) is 16.1. The number of benzene rings is 2. The molecule has 4 heterocycles. The second kappa shape index (κ2) is 14.1. The van der Waals surface area contributed by atoms with Crippen LogP contribution in [-0.2, 0) is 40.3 Å². The molecule has 242 valence electrons. The number of carbonyl (C=O) groups is 3. The maximum Gasteiger partial charge on any atom is 0.244 e. The Bertz CT molecular complexity index is 1750. The van der Waals surface area contributed by atoms with Gasteiger partial charge in [0.2, 0.25) is 17.7 Å². The number of fused-ring (bicyclic) bond motifs is 2. The van der Waals surface area contributed by atoms with E-state index in [1.807, 2.05) is 86.8 Å². The fourth-order valence-corrected chi connectivity index (χ4v) is 6.51. The minimum absolute atomic E-state index is 0.0327. The van der Waals surface area contributed by atoms with Gasteiger partial charge >= 0.3 is 0 Å². The van der Waals surface area contributed by atoms with Crippen LogP contribution in [0.2, 0.25) is 0 Å². The van der Waals surface area contributed by atoms with Gasteiger partial charge in [-0.15, -0.1) is 0 Å². The normalized spacial score (nSPS) is 15.4. The smallest absolute Gasteiger partial charge is 0.244 e. The molecule has 1 saturated heterocycles. The first-order valence-electron chi connectivity index (χ1n) is 16.1. The van der Waals surface area contributed by atoms with E-state index in [0.717, 1.165) is 33.6 Å². The Labute approximate surface area is 275 Å². The Morgan fingerprint density at radius 3 is 2.43 bits per heavy atom. The van der Waals surface area contributed by atoms with Crippen molar-refractivity contribution >= 4 is 35.0 Å². The van der Waals surface area contributed by atoms with Crippen molar-refractivity contribution in [3.8, 4) is 0 Å². The van der Waals surface area contributed by atoms with Gasteiger partial charge in [0, 0.05) is 56.1 Å². The van der Waals surface area contributed by atoms with E-state index in [-0.39, 0.29) is 30.7 Å². The highest BCUT2D eigenvalue weighted by atomic mass is 16.2. The lowest BCUT2D eigenvalue weighted by Gasteiger charge is -2.41. The molecule has 2 aromatic carbocycles. The molecule has 0 radical (unpaired) electrons. The maximum absolute atomic E-state index is 14.4. The molecule has 0 saturated carbocycles. The molecule has 10 nitrogen and oxygen atoms in total. The number of amides is 3. The van der Waals surface area contributed by atoms with Gasteiger partial charge in [-0.05, 0) is 78.0 Å².